The summed E-state index contributed by atoms with van der Waals surface area (Å²) in [5, 5.41) is 2.87. The summed E-state index contributed by atoms with van der Waals surface area (Å²) in [5.74, 6) is 1.30. The highest BCUT2D eigenvalue weighted by Gasteiger charge is 2.17. The number of ether oxygens (including phenoxy) is 1. The molecule has 5 nitrogen and oxygen atoms in total. The Hall–Kier alpha value is -2.27. The molecule has 0 radical (unpaired) electrons. The molecule has 1 heterocycles. The van der Waals surface area contributed by atoms with E-state index in [0.29, 0.717) is 5.76 Å². The van der Waals surface area contributed by atoms with Crippen molar-refractivity contribution in [2.45, 2.75) is 19.5 Å². The highest BCUT2D eigenvalue weighted by atomic mass is 16.5. The molecule has 2 aromatic rings. The van der Waals surface area contributed by atoms with E-state index in [9.17, 15) is 4.79 Å². The second-order valence-electron chi connectivity index (χ2n) is 4.41. The van der Waals surface area contributed by atoms with E-state index in [1.807, 2.05) is 31.2 Å². The zero-order valence-corrected chi connectivity index (χ0v) is 11.6. The normalized spacial score (nSPS) is 11.9. The van der Waals surface area contributed by atoms with Crippen molar-refractivity contribution in [1.29, 1.82) is 0 Å². The summed E-state index contributed by atoms with van der Waals surface area (Å²) in [7, 11) is 1.60. The maximum absolute atomic E-state index is 12.1. The van der Waals surface area contributed by atoms with Crippen LogP contribution in [0.2, 0.25) is 0 Å². The SMILES string of the molecule is COc1ccccc1C(C)NC(=O)c1ccc(CN)o1. The number of amides is 1. The van der Waals surface area contributed by atoms with Crippen LogP contribution in [0, 0.1) is 0 Å². The molecule has 1 unspecified atom stereocenters. The van der Waals surface area contributed by atoms with Crippen molar-refractivity contribution >= 4 is 5.91 Å². The lowest BCUT2D eigenvalue weighted by Gasteiger charge is -2.16. The van der Waals surface area contributed by atoms with Crippen molar-refractivity contribution in [3.63, 3.8) is 0 Å². The van der Waals surface area contributed by atoms with Crippen LogP contribution < -0.4 is 15.8 Å². The van der Waals surface area contributed by atoms with E-state index in [1.54, 1.807) is 19.2 Å². The van der Waals surface area contributed by atoms with Gasteiger partial charge in [-0.1, -0.05) is 18.2 Å². The minimum absolute atomic E-state index is 0.190. The van der Waals surface area contributed by atoms with Gasteiger partial charge in [0, 0.05) is 5.56 Å². The number of carbonyl (C=O) groups is 1. The van der Waals surface area contributed by atoms with Gasteiger partial charge in [-0.3, -0.25) is 4.79 Å². The number of nitrogens with two attached hydrogens (primary N) is 1. The first-order valence-corrected chi connectivity index (χ1v) is 6.38. The van der Waals surface area contributed by atoms with Gasteiger partial charge in [-0.15, -0.1) is 0 Å². The van der Waals surface area contributed by atoms with Gasteiger partial charge >= 0.3 is 0 Å². The van der Waals surface area contributed by atoms with Gasteiger partial charge in [-0.2, -0.15) is 0 Å². The Morgan fingerprint density at radius 3 is 2.75 bits per heavy atom. The number of rotatable bonds is 5. The van der Waals surface area contributed by atoms with Gasteiger partial charge in [0.2, 0.25) is 0 Å². The highest BCUT2D eigenvalue weighted by molar-refractivity contribution is 5.91. The molecule has 1 amide bonds. The Balaban J connectivity index is 2.10. The second-order valence-corrected chi connectivity index (χ2v) is 4.41. The predicted octanol–water partition coefficient (Wildman–Crippen LogP) is 2.24. The zero-order chi connectivity index (χ0) is 14.5. The maximum Gasteiger partial charge on any atom is 0.287 e. The number of carbonyl (C=O) groups excluding carboxylic acids is 1. The second kappa shape index (κ2) is 6.25. The van der Waals surface area contributed by atoms with E-state index < -0.39 is 0 Å². The quantitative estimate of drug-likeness (QED) is 0.876. The van der Waals surface area contributed by atoms with Gasteiger partial charge < -0.3 is 20.2 Å². The van der Waals surface area contributed by atoms with Crippen LogP contribution in [0.1, 0.15) is 34.8 Å². The van der Waals surface area contributed by atoms with Gasteiger partial charge in [0.1, 0.15) is 11.5 Å². The molecule has 3 N–H and O–H groups in total. The highest BCUT2D eigenvalue weighted by Crippen LogP contribution is 2.24. The van der Waals surface area contributed by atoms with Crippen molar-refractivity contribution in [2.24, 2.45) is 5.73 Å². The van der Waals surface area contributed by atoms with Crippen LogP contribution in [0.15, 0.2) is 40.8 Å². The fraction of sp³-hybridized carbons (Fsp3) is 0.267. The van der Waals surface area contributed by atoms with Gasteiger partial charge in [0.15, 0.2) is 5.76 Å². The molecule has 2 rings (SSSR count). The van der Waals surface area contributed by atoms with Crippen LogP contribution >= 0.6 is 0 Å². The molecule has 0 aliphatic heterocycles. The third-order valence-corrected chi connectivity index (χ3v) is 3.04. The molecule has 1 atom stereocenters. The summed E-state index contributed by atoms with van der Waals surface area (Å²) in [6.07, 6.45) is 0. The first-order valence-electron chi connectivity index (χ1n) is 6.38. The first-order chi connectivity index (χ1) is 9.65. The molecular formula is C15H18N2O3. The molecule has 0 bridgehead atoms. The summed E-state index contributed by atoms with van der Waals surface area (Å²) in [4.78, 5) is 12.1. The molecule has 1 aromatic carbocycles. The van der Waals surface area contributed by atoms with Gasteiger partial charge in [-0.05, 0) is 25.1 Å². The van der Waals surface area contributed by atoms with Gasteiger partial charge in [0.25, 0.3) is 5.91 Å². The van der Waals surface area contributed by atoms with E-state index in [2.05, 4.69) is 5.32 Å². The zero-order valence-electron chi connectivity index (χ0n) is 11.6. The number of para-hydroxylation sites is 1. The van der Waals surface area contributed by atoms with E-state index in [-0.39, 0.29) is 24.3 Å². The summed E-state index contributed by atoms with van der Waals surface area (Å²) < 4.78 is 10.6. The fourth-order valence-electron chi connectivity index (χ4n) is 1.98. The smallest absolute Gasteiger partial charge is 0.287 e. The first kappa shape index (κ1) is 14.1. The lowest BCUT2D eigenvalue weighted by Crippen LogP contribution is -2.26. The average Bonchev–Trinajstić information content (AvgIpc) is 2.96. The molecule has 0 aliphatic carbocycles. The number of benzene rings is 1. The monoisotopic (exact) mass is 274 g/mol. The van der Waals surface area contributed by atoms with E-state index >= 15 is 0 Å². The molecule has 20 heavy (non-hydrogen) atoms. The number of nitrogens with one attached hydrogen (secondary N) is 1. The largest absolute Gasteiger partial charge is 0.496 e. The standard InChI is InChI=1S/C15H18N2O3/c1-10(12-5-3-4-6-13(12)19-2)17-15(18)14-8-7-11(9-16)20-14/h3-8,10H,9,16H2,1-2H3,(H,17,18). The lowest BCUT2D eigenvalue weighted by molar-refractivity contribution is 0.0909. The van der Waals surface area contributed by atoms with E-state index in [0.717, 1.165) is 11.3 Å². The minimum Gasteiger partial charge on any atom is -0.496 e. The topological polar surface area (TPSA) is 77.5 Å². The van der Waals surface area contributed by atoms with E-state index in [1.165, 1.54) is 0 Å². The van der Waals surface area contributed by atoms with Crippen molar-refractivity contribution < 1.29 is 13.9 Å². The molecule has 0 spiro atoms. The van der Waals surface area contributed by atoms with Crippen molar-refractivity contribution in [2.75, 3.05) is 7.11 Å². The fourth-order valence-corrected chi connectivity index (χ4v) is 1.98. The summed E-state index contributed by atoms with van der Waals surface area (Å²) >= 11 is 0. The summed E-state index contributed by atoms with van der Waals surface area (Å²) in [5.41, 5.74) is 6.36. The molecule has 0 aliphatic rings. The maximum atomic E-state index is 12.1. The molecule has 0 saturated carbocycles. The lowest BCUT2D eigenvalue weighted by atomic mass is 10.1. The van der Waals surface area contributed by atoms with Crippen molar-refractivity contribution in [1.82, 2.24) is 5.32 Å². The van der Waals surface area contributed by atoms with Crippen molar-refractivity contribution in [3.8, 4) is 5.75 Å². The molecular weight excluding hydrogens is 256 g/mol. The van der Waals surface area contributed by atoms with Crippen LogP contribution in [-0.4, -0.2) is 13.0 Å². The Morgan fingerprint density at radius 1 is 1.35 bits per heavy atom. The van der Waals surface area contributed by atoms with Gasteiger partial charge in [-0.25, -0.2) is 0 Å². The van der Waals surface area contributed by atoms with Crippen molar-refractivity contribution in [3.05, 3.63) is 53.5 Å². The number of hydrogen-bond acceptors (Lipinski definition) is 4. The number of hydrogen-bond donors (Lipinski definition) is 2. The predicted molar refractivity (Wildman–Crippen MR) is 75.5 cm³/mol. The van der Waals surface area contributed by atoms with Crippen LogP contribution in [0.5, 0.6) is 5.75 Å². The van der Waals surface area contributed by atoms with Crippen LogP contribution in [0.3, 0.4) is 0 Å². The third-order valence-electron chi connectivity index (χ3n) is 3.04. The number of furan rings is 1. The summed E-state index contributed by atoms with van der Waals surface area (Å²) in [6, 6.07) is 10.7. The summed E-state index contributed by atoms with van der Waals surface area (Å²) in [6.45, 7) is 2.16. The Morgan fingerprint density at radius 2 is 2.10 bits per heavy atom. The average molecular weight is 274 g/mol. The Bertz CT molecular complexity index is 592. The molecule has 106 valence electrons. The third kappa shape index (κ3) is 3.00. The number of methoxy groups -OCH3 is 1. The Kier molecular flexibility index (Phi) is 4.42. The molecule has 0 saturated heterocycles. The van der Waals surface area contributed by atoms with Crippen LogP contribution in [0.4, 0.5) is 0 Å². The van der Waals surface area contributed by atoms with Gasteiger partial charge in [0.05, 0.1) is 19.7 Å². The Labute approximate surface area is 117 Å². The minimum atomic E-state index is -0.275. The van der Waals surface area contributed by atoms with Crippen LogP contribution in [-0.2, 0) is 6.54 Å². The molecule has 1 aromatic heterocycles. The van der Waals surface area contributed by atoms with Crippen LogP contribution in [0.25, 0.3) is 0 Å². The van der Waals surface area contributed by atoms with E-state index in [4.69, 9.17) is 14.9 Å². The molecule has 5 heteroatoms. The molecule has 0 fully saturated rings.